The summed E-state index contributed by atoms with van der Waals surface area (Å²) in [5.41, 5.74) is 8.17. The van der Waals surface area contributed by atoms with Crippen LogP contribution in [0.2, 0.25) is 0 Å². The molecule has 0 spiro atoms. The summed E-state index contributed by atoms with van der Waals surface area (Å²) in [6.07, 6.45) is 4.86. The molecule has 0 bridgehead atoms. The first-order valence-electron chi connectivity index (χ1n) is 7.50. The molecule has 2 aromatic rings. The van der Waals surface area contributed by atoms with Crippen molar-refractivity contribution < 1.29 is 8.81 Å². The van der Waals surface area contributed by atoms with Gasteiger partial charge in [-0.25, -0.2) is 4.39 Å². The lowest BCUT2D eigenvalue weighted by molar-refractivity contribution is 0.233. The van der Waals surface area contributed by atoms with E-state index in [0.29, 0.717) is 5.92 Å². The predicted molar refractivity (Wildman–Crippen MR) is 79.0 cm³/mol. The Morgan fingerprint density at radius 2 is 2.15 bits per heavy atom. The average molecular weight is 275 g/mol. The summed E-state index contributed by atoms with van der Waals surface area (Å²) in [5.74, 6) is 1.82. The Hall–Kier alpha value is -1.35. The maximum Gasteiger partial charge on any atom is 0.134 e. The van der Waals surface area contributed by atoms with E-state index < -0.39 is 0 Å². The van der Waals surface area contributed by atoms with Crippen molar-refractivity contribution in [3.05, 3.63) is 35.3 Å². The SMILES string of the molecule is Cc1c(C(N)C2CCCC(C)C2)oc2ccc(F)cc12. The molecular formula is C17H22FNO. The van der Waals surface area contributed by atoms with E-state index in [-0.39, 0.29) is 11.9 Å². The molecular weight excluding hydrogens is 253 g/mol. The second-order valence-corrected chi connectivity index (χ2v) is 6.29. The summed E-state index contributed by atoms with van der Waals surface area (Å²) in [6, 6.07) is 4.59. The lowest BCUT2D eigenvalue weighted by atomic mass is 9.78. The fraction of sp³-hybridized carbons (Fsp3) is 0.529. The van der Waals surface area contributed by atoms with Crippen molar-refractivity contribution in [1.29, 1.82) is 0 Å². The van der Waals surface area contributed by atoms with Crippen molar-refractivity contribution in [1.82, 2.24) is 0 Å². The maximum atomic E-state index is 13.4. The van der Waals surface area contributed by atoms with E-state index in [2.05, 4.69) is 6.92 Å². The summed E-state index contributed by atoms with van der Waals surface area (Å²) in [6.45, 7) is 4.27. The van der Waals surface area contributed by atoms with Crippen LogP contribution in [-0.4, -0.2) is 0 Å². The zero-order valence-electron chi connectivity index (χ0n) is 12.2. The molecule has 1 heterocycles. The van der Waals surface area contributed by atoms with Crippen LogP contribution < -0.4 is 5.73 Å². The molecule has 1 fully saturated rings. The molecule has 0 aliphatic heterocycles. The molecule has 1 aromatic heterocycles. The third kappa shape index (κ3) is 2.35. The molecule has 108 valence electrons. The van der Waals surface area contributed by atoms with Gasteiger partial charge >= 0.3 is 0 Å². The third-order valence-electron chi connectivity index (χ3n) is 4.72. The van der Waals surface area contributed by atoms with Crippen LogP contribution in [-0.2, 0) is 0 Å². The largest absolute Gasteiger partial charge is 0.459 e. The zero-order chi connectivity index (χ0) is 14.3. The van der Waals surface area contributed by atoms with Crippen molar-refractivity contribution in [2.45, 2.75) is 45.6 Å². The van der Waals surface area contributed by atoms with Gasteiger partial charge in [-0.3, -0.25) is 0 Å². The first-order valence-corrected chi connectivity index (χ1v) is 7.50. The highest BCUT2D eigenvalue weighted by molar-refractivity contribution is 5.82. The van der Waals surface area contributed by atoms with Gasteiger partial charge < -0.3 is 10.2 Å². The van der Waals surface area contributed by atoms with E-state index >= 15 is 0 Å². The Labute approximate surface area is 119 Å². The minimum Gasteiger partial charge on any atom is -0.459 e. The molecule has 3 rings (SSSR count). The molecule has 3 atom stereocenters. The van der Waals surface area contributed by atoms with Gasteiger partial charge in [-0.1, -0.05) is 19.8 Å². The molecule has 1 aliphatic rings. The Morgan fingerprint density at radius 3 is 2.90 bits per heavy atom. The summed E-state index contributed by atoms with van der Waals surface area (Å²) >= 11 is 0. The van der Waals surface area contributed by atoms with Gasteiger partial charge in [-0.05, 0) is 49.8 Å². The number of fused-ring (bicyclic) bond motifs is 1. The van der Waals surface area contributed by atoms with Gasteiger partial charge in [0.1, 0.15) is 17.2 Å². The van der Waals surface area contributed by atoms with Crippen molar-refractivity contribution in [2.24, 2.45) is 17.6 Å². The Bertz CT molecular complexity index is 619. The lowest BCUT2D eigenvalue weighted by Crippen LogP contribution is -2.26. The highest BCUT2D eigenvalue weighted by Crippen LogP contribution is 2.39. The van der Waals surface area contributed by atoms with Crippen LogP contribution in [0.1, 0.15) is 50.0 Å². The maximum absolute atomic E-state index is 13.4. The highest BCUT2D eigenvalue weighted by Gasteiger charge is 2.29. The Morgan fingerprint density at radius 1 is 1.35 bits per heavy atom. The molecule has 3 heteroatoms. The van der Waals surface area contributed by atoms with E-state index in [1.54, 1.807) is 6.07 Å². The fourth-order valence-corrected chi connectivity index (χ4v) is 3.55. The standard InChI is InChI=1S/C17H22FNO/c1-10-4-3-5-12(8-10)16(19)17-11(2)14-9-13(18)6-7-15(14)20-17/h6-7,9-10,12,16H,3-5,8,19H2,1-2H3. The van der Waals surface area contributed by atoms with Crippen LogP contribution >= 0.6 is 0 Å². The normalized spacial score (nSPS) is 25.0. The number of hydrogen-bond donors (Lipinski definition) is 1. The fourth-order valence-electron chi connectivity index (χ4n) is 3.55. The van der Waals surface area contributed by atoms with Gasteiger partial charge in [0.05, 0.1) is 6.04 Å². The van der Waals surface area contributed by atoms with Crippen molar-refractivity contribution >= 4 is 11.0 Å². The van der Waals surface area contributed by atoms with Gasteiger partial charge in [-0.2, -0.15) is 0 Å². The van der Waals surface area contributed by atoms with E-state index in [1.165, 1.54) is 25.0 Å². The first-order chi connectivity index (χ1) is 9.56. The van der Waals surface area contributed by atoms with E-state index in [0.717, 1.165) is 41.1 Å². The number of hydrogen-bond acceptors (Lipinski definition) is 2. The van der Waals surface area contributed by atoms with Crippen molar-refractivity contribution in [3.8, 4) is 0 Å². The Balaban J connectivity index is 1.95. The second-order valence-electron chi connectivity index (χ2n) is 6.29. The predicted octanol–water partition coefficient (Wildman–Crippen LogP) is 4.71. The van der Waals surface area contributed by atoms with Crippen LogP contribution in [0.25, 0.3) is 11.0 Å². The molecule has 1 saturated carbocycles. The zero-order valence-corrected chi connectivity index (χ0v) is 12.2. The van der Waals surface area contributed by atoms with Gasteiger partial charge in [-0.15, -0.1) is 0 Å². The number of nitrogens with two attached hydrogens (primary N) is 1. The van der Waals surface area contributed by atoms with Gasteiger partial charge in [0.15, 0.2) is 0 Å². The van der Waals surface area contributed by atoms with E-state index in [1.807, 2.05) is 6.92 Å². The summed E-state index contributed by atoms with van der Waals surface area (Å²) in [4.78, 5) is 0. The van der Waals surface area contributed by atoms with E-state index in [4.69, 9.17) is 10.2 Å². The number of benzene rings is 1. The molecule has 0 saturated heterocycles. The quantitative estimate of drug-likeness (QED) is 0.862. The molecule has 1 aromatic carbocycles. The van der Waals surface area contributed by atoms with Crippen LogP contribution in [0, 0.1) is 24.6 Å². The molecule has 1 aliphatic carbocycles. The van der Waals surface area contributed by atoms with Gasteiger partial charge in [0.2, 0.25) is 0 Å². The first kappa shape index (κ1) is 13.6. The molecule has 2 nitrogen and oxygen atoms in total. The smallest absolute Gasteiger partial charge is 0.134 e. The van der Waals surface area contributed by atoms with Crippen LogP contribution in [0.5, 0.6) is 0 Å². The number of halogens is 1. The molecule has 3 unspecified atom stereocenters. The number of furan rings is 1. The second kappa shape index (κ2) is 5.21. The topological polar surface area (TPSA) is 39.2 Å². The van der Waals surface area contributed by atoms with Gasteiger partial charge in [0.25, 0.3) is 0 Å². The van der Waals surface area contributed by atoms with Crippen molar-refractivity contribution in [3.63, 3.8) is 0 Å². The summed E-state index contributed by atoms with van der Waals surface area (Å²) < 4.78 is 19.3. The molecule has 0 amide bonds. The van der Waals surface area contributed by atoms with Gasteiger partial charge in [0, 0.05) is 10.9 Å². The lowest BCUT2D eigenvalue weighted by Gasteiger charge is -2.30. The van der Waals surface area contributed by atoms with Crippen LogP contribution in [0.15, 0.2) is 22.6 Å². The monoisotopic (exact) mass is 275 g/mol. The third-order valence-corrected chi connectivity index (χ3v) is 4.72. The molecule has 0 radical (unpaired) electrons. The Kier molecular flexibility index (Phi) is 3.55. The number of rotatable bonds is 2. The van der Waals surface area contributed by atoms with Crippen LogP contribution in [0.3, 0.4) is 0 Å². The summed E-state index contributed by atoms with van der Waals surface area (Å²) in [5, 5.41) is 0.847. The van der Waals surface area contributed by atoms with E-state index in [9.17, 15) is 4.39 Å². The molecule has 20 heavy (non-hydrogen) atoms. The van der Waals surface area contributed by atoms with Crippen molar-refractivity contribution in [2.75, 3.05) is 0 Å². The minimum absolute atomic E-state index is 0.0757. The van der Waals surface area contributed by atoms with Crippen LogP contribution in [0.4, 0.5) is 4.39 Å². The highest BCUT2D eigenvalue weighted by atomic mass is 19.1. The number of aryl methyl sites for hydroxylation is 1. The minimum atomic E-state index is -0.229. The average Bonchev–Trinajstić information content (AvgIpc) is 2.75. The summed E-state index contributed by atoms with van der Waals surface area (Å²) in [7, 11) is 0. The molecule has 2 N–H and O–H groups in total.